The van der Waals surface area contributed by atoms with Gasteiger partial charge in [-0.15, -0.1) is 11.3 Å². The minimum absolute atomic E-state index is 0.0795. The topological polar surface area (TPSA) is 69.7 Å². The Morgan fingerprint density at radius 3 is 2.44 bits per heavy atom. The van der Waals surface area contributed by atoms with Crippen molar-refractivity contribution in [3.8, 4) is 10.4 Å². The van der Waals surface area contributed by atoms with Crippen molar-refractivity contribution in [3.05, 3.63) is 74.5 Å². The molecule has 0 saturated carbocycles. The zero-order chi connectivity index (χ0) is 26.1. The van der Waals surface area contributed by atoms with Crippen molar-refractivity contribution in [2.24, 2.45) is 0 Å². The molecule has 36 heavy (non-hydrogen) atoms. The van der Waals surface area contributed by atoms with Crippen LogP contribution in [0.1, 0.15) is 36.0 Å². The molecule has 192 valence electrons. The molecule has 1 aliphatic rings. The Morgan fingerprint density at radius 2 is 1.78 bits per heavy atom. The third-order valence-corrected chi connectivity index (χ3v) is 9.53. The Bertz CT molecular complexity index is 1360. The smallest absolute Gasteiger partial charge is 0.255 e. The first kappa shape index (κ1) is 27.3. The molecule has 10 heteroatoms. The quantitative estimate of drug-likeness (QED) is 0.379. The Labute approximate surface area is 230 Å². The highest BCUT2D eigenvalue weighted by molar-refractivity contribution is 9.10. The molecule has 1 fully saturated rings. The van der Waals surface area contributed by atoms with E-state index in [0.29, 0.717) is 23.1 Å². The molecule has 0 aliphatic carbocycles. The van der Waals surface area contributed by atoms with Crippen LogP contribution < -0.4 is 4.72 Å². The second-order valence-electron chi connectivity index (χ2n) is 9.84. The van der Waals surface area contributed by atoms with Gasteiger partial charge in [-0.25, -0.2) is 13.1 Å². The fraction of sp³-hybridized carbons (Fsp3) is 0.346. The van der Waals surface area contributed by atoms with E-state index < -0.39 is 15.6 Å². The summed E-state index contributed by atoms with van der Waals surface area (Å²) in [6.07, 6.45) is 0. The summed E-state index contributed by atoms with van der Waals surface area (Å²) in [6.45, 7) is 8.82. The van der Waals surface area contributed by atoms with Crippen molar-refractivity contribution < 1.29 is 13.2 Å². The molecule has 3 aromatic rings. The van der Waals surface area contributed by atoms with Crippen LogP contribution in [0.2, 0.25) is 5.02 Å². The molecule has 4 rings (SSSR count). The minimum atomic E-state index is -3.74. The largest absolute Gasteiger partial charge is 0.336 e. The van der Waals surface area contributed by atoms with E-state index in [4.69, 9.17) is 11.6 Å². The van der Waals surface area contributed by atoms with Crippen LogP contribution in [0.5, 0.6) is 0 Å². The first-order chi connectivity index (χ1) is 16.9. The van der Waals surface area contributed by atoms with E-state index in [2.05, 4.69) is 43.8 Å². The van der Waals surface area contributed by atoms with Gasteiger partial charge in [0.1, 0.15) is 0 Å². The number of rotatable bonds is 6. The van der Waals surface area contributed by atoms with Gasteiger partial charge in [0.05, 0.1) is 10.5 Å². The zero-order valence-electron chi connectivity index (χ0n) is 20.4. The minimum Gasteiger partial charge on any atom is -0.336 e. The van der Waals surface area contributed by atoms with Gasteiger partial charge >= 0.3 is 0 Å². The first-order valence-electron chi connectivity index (χ1n) is 11.6. The second kappa shape index (κ2) is 10.9. The summed E-state index contributed by atoms with van der Waals surface area (Å²) in [5, 5.41) is 0.725. The van der Waals surface area contributed by atoms with Crippen LogP contribution in [-0.4, -0.2) is 55.8 Å². The number of carbonyl (C=O) groups excluding carboxylic acids is 1. The number of nitrogens with one attached hydrogen (secondary N) is 1. The van der Waals surface area contributed by atoms with Gasteiger partial charge in [0.15, 0.2) is 0 Å². The van der Waals surface area contributed by atoms with Crippen LogP contribution in [0.3, 0.4) is 0 Å². The van der Waals surface area contributed by atoms with Crippen molar-refractivity contribution >= 4 is 54.8 Å². The maximum Gasteiger partial charge on any atom is 0.255 e. The Hall–Kier alpha value is -1.75. The van der Waals surface area contributed by atoms with E-state index in [0.717, 1.165) is 30.2 Å². The average molecular weight is 611 g/mol. The number of thiophene rings is 1. The molecule has 1 aromatic heterocycles. The molecule has 0 atom stereocenters. The summed E-state index contributed by atoms with van der Waals surface area (Å²) < 4.78 is 28.8. The Morgan fingerprint density at radius 1 is 1.06 bits per heavy atom. The van der Waals surface area contributed by atoms with Crippen molar-refractivity contribution in [1.29, 1.82) is 0 Å². The molecule has 6 nitrogen and oxygen atoms in total. The van der Waals surface area contributed by atoms with E-state index in [1.165, 1.54) is 21.9 Å². The summed E-state index contributed by atoms with van der Waals surface area (Å²) in [6, 6.07) is 16.7. The van der Waals surface area contributed by atoms with E-state index in [1.54, 1.807) is 43.1 Å². The molecular weight excluding hydrogens is 582 g/mol. The van der Waals surface area contributed by atoms with Crippen LogP contribution in [0.4, 0.5) is 0 Å². The van der Waals surface area contributed by atoms with Crippen LogP contribution in [0.25, 0.3) is 10.4 Å². The lowest BCUT2D eigenvalue weighted by molar-refractivity contribution is 0.0628. The van der Waals surface area contributed by atoms with Gasteiger partial charge in [-0.1, -0.05) is 23.7 Å². The summed E-state index contributed by atoms with van der Waals surface area (Å²) >= 11 is 11.3. The van der Waals surface area contributed by atoms with E-state index in [9.17, 15) is 13.2 Å². The second-order valence-corrected chi connectivity index (χ2v) is 14.0. The van der Waals surface area contributed by atoms with Gasteiger partial charge in [-0.3, -0.25) is 9.69 Å². The maximum absolute atomic E-state index is 13.3. The third-order valence-electron chi connectivity index (χ3n) is 5.73. The fourth-order valence-electron chi connectivity index (χ4n) is 4.06. The molecule has 0 unspecified atom stereocenters. The maximum atomic E-state index is 13.3. The molecule has 1 aliphatic heterocycles. The lowest BCUT2D eigenvalue weighted by Gasteiger charge is -2.34. The number of hydrogen-bond acceptors (Lipinski definition) is 5. The molecule has 2 aromatic carbocycles. The lowest BCUT2D eigenvalue weighted by Crippen LogP contribution is -2.48. The van der Waals surface area contributed by atoms with Crippen LogP contribution in [0, 0.1) is 0 Å². The lowest BCUT2D eigenvalue weighted by atomic mass is 10.1. The molecule has 1 saturated heterocycles. The van der Waals surface area contributed by atoms with Crippen molar-refractivity contribution in [1.82, 2.24) is 14.5 Å². The van der Waals surface area contributed by atoms with Crippen molar-refractivity contribution in [2.45, 2.75) is 37.8 Å². The molecule has 1 N–H and O–H groups in total. The fourth-order valence-corrected chi connectivity index (χ4v) is 7.15. The Balaban J connectivity index is 1.39. The summed E-state index contributed by atoms with van der Waals surface area (Å²) in [7, 11) is -3.74. The highest BCUT2D eigenvalue weighted by atomic mass is 79.9. The van der Waals surface area contributed by atoms with Crippen molar-refractivity contribution in [2.75, 3.05) is 26.2 Å². The molecule has 0 spiro atoms. The Kier molecular flexibility index (Phi) is 8.29. The van der Waals surface area contributed by atoms with Gasteiger partial charge in [0, 0.05) is 57.5 Å². The van der Waals surface area contributed by atoms with Gasteiger partial charge < -0.3 is 4.90 Å². The van der Waals surface area contributed by atoms with Crippen LogP contribution in [-0.2, 0) is 16.6 Å². The average Bonchev–Trinajstić information content (AvgIpc) is 3.26. The molecule has 2 heterocycles. The monoisotopic (exact) mass is 609 g/mol. The highest BCUT2D eigenvalue weighted by Gasteiger charge is 2.27. The predicted octanol–water partition coefficient (Wildman–Crippen LogP) is 5.87. The van der Waals surface area contributed by atoms with Gasteiger partial charge in [-0.2, -0.15) is 0 Å². The number of carbonyl (C=O) groups is 1. The highest BCUT2D eigenvalue weighted by Crippen LogP contribution is 2.31. The van der Waals surface area contributed by atoms with Crippen LogP contribution >= 0.6 is 38.9 Å². The van der Waals surface area contributed by atoms with Crippen molar-refractivity contribution in [3.63, 3.8) is 0 Å². The first-order valence-corrected chi connectivity index (χ1v) is 15.1. The van der Waals surface area contributed by atoms with E-state index in [1.807, 2.05) is 18.2 Å². The van der Waals surface area contributed by atoms with E-state index in [-0.39, 0.29) is 10.8 Å². The number of piperazine rings is 1. The number of sulfonamides is 1. The molecule has 0 radical (unpaired) electrons. The third kappa shape index (κ3) is 6.76. The normalized spacial score (nSPS) is 15.3. The number of nitrogens with zero attached hydrogens (tertiary/aromatic N) is 2. The number of amides is 1. The van der Waals surface area contributed by atoms with E-state index >= 15 is 0 Å². The summed E-state index contributed by atoms with van der Waals surface area (Å²) in [5.74, 6) is -0.173. The summed E-state index contributed by atoms with van der Waals surface area (Å²) in [5.41, 5.74) is 0.843. The molecular formula is C26H29BrClN3O3S2. The number of benzene rings is 2. The van der Waals surface area contributed by atoms with Crippen LogP contribution in [0.15, 0.2) is 64.0 Å². The zero-order valence-corrected chi connectivity index (χ0v) is 24.4. The summed E-state index contributed by atoms with van der Waals surface area (Å²) in [4.78, 5) is 19.9. The van der Waals surface area contributed by atoms with Gasteiger partial charge in [0.2, 0.25) is 10.0 Å². The number of hydrogen-bond donors (Lipinski definition) is 1. The van der Waals surface area contributed by atoms with Gasteiger partial charge in [0.25, 0.3) is 5.91 Å². The standard InChI is InChI=1S/C26H29BrClN3O3S2/c1-26(2,3)29-36(33,34)21-8-9-23(27)22(16-21)25(32)31-13-11-30(12-14-31)17-20-7-10-24(35-20)18-5-4-6-19(28)15-18/h4-10,15-16,29H,11-14,17H2,1-3H3. The van der Waals surface area contributed by atoms with Gasteiger partial charge in [-0.05, 0) is 84.7 Å². The molecule has 1 amide bonds. The number of halogens is 2. The predicted molar refractivity (Wildman–Crippen MR) is 150 cm³/mol. The SMILES string of the molecule is CC(C)(C)NS(=O)(=O)c1ccc(Br)c(C(=O)N2CCN(Cc3ccc(-c4cccc(Cl)c4)s3)CC2)c1. The molecule has 0 bridgehead atoms.